The summed E-state index contributed by atoms with van der Waals surface area (Å²) in [5.74, 6) is -1.29. The van der Waals surface area contributed by atoms with E-state index in [2.05, 4.69) is 6.92 Å². The third-order valence-corrected chi connectivity index (χ3v) is 6.54. The molecule has 1 heterocycles. The largest absolute Gasteiger partial charge is 0.481 e. The van der Waals surface area contributed by atoms with Crippen molar-refractivity contribution >= 4 is 16.0 Å². The monoisotopic (exact) mass is 289 g/mol. The molecule has 19 heavy (non-hydrogen) atoms. The van der Waals surface area contributed by atoms with Gasteiger partial charge in [0.2, 0.25) is 10.0 Å². The van der Waals surface area contributed by atoms with Gasteiger partial charge in [0.25, 0.3) is 0 Å². The van der Waals surface area contributed by atoms with Crippen molar-refractivity contribution in [3.63, 3.8) is 0 Å². The van der Waals surface area contributed by atoms with Crippen LogP contribution in [0.5, 0.6) is 0 Å². The fourth-order valence-electron chi connectivity index (χ4n) is 2.62. The van der Waals surface area contributed by atoms with E-state index in [0.717, 1.165) is 12.8 Å². The van der Waals surface area contributed by atoms with Gasteiger partial charge in [-0.25, -0.2) is 8.42 Å². The molecule has 1 aliphatic heterocycles. The number of carboxylic acid groups (broad SMARTS) is 1. The van der Waals surface area contributed by atoms with Crippen molar-refractivity contribution in [3.05, 3.63) is 0 Å². The lowest BCUT2D eigenvalue weighted by Gasteiger charge is -2.35. The quantitative estimate of drug-likeness (QED) is 0.835. The molecule has 2 unspecified atom stereocenters. The van der Waals surface area contributed by atoms with Crippen LogP contribution in [-0.4, -0.2) is 42.1 Å². The highest BCUT2D eigenvalue weighted by Gasteiger charge is 2.41. The first-order chi connectivity index (χ1) is 8.73. The van der Waals surface area contributed by atoms with E-state index in [1.165, 1.54) is 4.31 Å². The van der Waals surface area contributed by atoms with Crippen LogP contribution in [0, 0.1) is 11.3 Å². The van der Waals surface area contributed by atoms with E-state index >= 15 is 0 Å². The Hall–Kier alpha value is -0.620. The number of aliphatic carboxylic acids is 1. The second kappa shape index (κ2) is 5.05. The van der Waals surface area contributed by atoms with Crippen molar-refractivity contribution in [2.45, 2.75) is 52.0 Å². The fourth-order valence-corrected chi connectivity index (χ4v) is 4.67. The molecule has 2 fully saturated rings. The summed E-state index contributed by atoms with van der Waals surface area (Å²) >= 11 is 0. The van der Waals surface area contributed by atoms with Crippen LogP contribution in [-0.2, 0) is 14.8 Å². The van der Waals surface area contributed by atoms with Crippen molar-refractivity contribution in [2.75, 3.05) is 12.3 Å². The Kier molecular flexibility index (Phi) is 3.93. The first kappa shape index (κ1) is 14.8. The molecule has 0 radical (unpaired) electrons. The minimum absolute atomic E-state index is 0.0763. The maximum Gasteiger partial charge on any atom is 0.307 e. The molecule has 0 aromatic carbocycles. The van der Waals surface area contributed by atoms with Gasteiger partial charge in [-0.2, -0.15) is 4.31 Å². The minimum atomic E-state index is -3.32. The normalized spacial score (nSPS) is 31.1. The van der Waals surface area contributed by atoms with Gasteiger partial charge < -0.3 is 5.11 Å². The van der Waals surface area contributed by atoms with Crippen LogP contribution in [0.25, 0.3) is 0 Å². The predicted molar refractivity (Wildman–Crippen MR) is 72.3 cm³/mol. The van der Waals surface area contributed by atoms with Crippen molar-refractivity contribution < 1.29 is 18.3 Å². The zero-order chi connectivity index (χ0) is 14.3. The summed E-state index contributed by atoms with van der Waals surface area (Å²) in [4.78, 5) is 11.0. The summed E-state index contributed by atoms with van der Waals surface area (Å²) in [7, 11) is -3.32. The smallest absolute Gasteiger partial charge is 0.307 e. The van der Waals surface area contributed by atoms with Crippen molar-refractivity contribution in [2.24, 2.45) is 11.3 Å². The van der Waals surface area contributed by atoms with Gasteiger partial charge in [-0.15, -0.1) is 0 Å². The molecule has 0 aromatic heterocycles. The zero-order valence-corrected chi connectivity index (χ0v) is 12.4. The van der Waals surface area contributed by atoms with E-state index in [1.54, 1.807) is 0 Å². The van der Waals surface area contributed by atoms with E-state index in [4.69, 9.17) is 5.11 Å². The van der Waals surface area contributed by atoms with E-state index in [1.807, 2.05) is 6.92 Å². The molecule has 1 aliphatic carbocycles. The minimum Gasteiger partial charge on any atom is -0.481 e. The summed E-state index contributed by atoms with van der Waals surface area (Å²) in [6.45, 7) is 4.12. The summed E-state index contributed by atoms with van der Waals surface area (Å²) in [5, 5.41) is 9.06. The molecule has 6 heteroatoms. The number of hydrogen-bond donors (Lipinski definition) is 1. The third-order valence-electron chi connectivity index (χ3n) is 4.60. The third kappa shape index (κ3) is 3.48. The van der Waals surface area contributed by atoms with Gasteiger partial charge >= 0.3 is 5.97 Å². The van der Waals surface area contributed by atoms with Gasteiger partial charge in [0, 0.05) is 12.6 Å². The molecule has 5 nitrogen and oxygen atoms in total. The summed E-state index contributed by atoms with van der Waals surface area (Å²) < 4.78 is 26.2. The standard InChI is InChI=1S/C13H23NO4S/c1-10-3-4-11(12(15)16)9-14(10)19(17,18)8-7-13(2)5-6-13/h10-11H,3-9H2,1-2H3,(H,15,16). The molecular formula is C13H23NO4S. The van der Waals surface area contributed by atoms with Gasteiger partial charge in [-0.05, 0) is 44.4 Å². The van der Waals surface area contributed by atoms with Gasteiger partial charge in [0.15, 0.2) is 0 Å². The van der Waals surface area contributed by atoms with Crippen LogP contribution in [0.15, 0.2) is 0 Å². The Balaban J connectivity index is 2.02. The van der Waals surface area contributed by atoms with E-state index in [9.17, 15) is 13.2 Å². The predicted octanol–water partition coefficient (Wildman–Crippen LogP) is 1.69. The van der Waals surface area contributed by atoms with Crippen LogP contribution in [0.4, 0.5) is 0 Å². The molecular weight excluding hydrogens is 266 g/mol. The molecule has 2 rings (SSSR count). The summed E-state index contributed by atoms with van der Waals surface area (Å²) in [5.41, 5.74) is 0.207. The van der Waals surface area contributed by atoms with Crippen LogP contribution in [0.3, 0.4) is 0 Å². The Morgan fingerprint density at radius 1 is 1.37 bits per heavy atom. The summed E-state index contributed by atoms with van der Waals surface area (Å²) in [6.07, 6.45) is 4.11. The van der Waals surface area contributed by atoms with Crippen molar-refractivity contribution in [1.82, 2.24) is 4.31 Å². The Labute approximate surface area is 115 Å². The highest BCUT2D eigenvalue weighted by molar-refractivity contribution is 7.89. The molecule has 0 spiro atoms. The highest BCUT2D eigenvalue weighted by Crippen LogP contribution is 2.48. The van der Waals surface area contributed by atoms with Gasteiger partial charge in [-0.1, -0.05) is 6.92 Å². The number of rotatable bonds is 5. The van der Waals surface area contributed by atoms with Gasteiger partial charge in [0.1, 0.15) is 0 Å². The van der Waals surface area contributed by atoms with Crippen LogP contribution in [0.1, 0.15) is 46.0 Å². The Bertz CT molecular complexity index is 455. The molecule has 1 saturated carbocycles. The van der Waals surface area contributed by atoms with E-state index < -0.39 is 21.9 Å². The average molecular weight is 289 g/mol. The van der Waals surface area contributed by atoms with Crippen LogP contribution in [0.2, 0.25) is 0 Å². The molecule has 0 amide bonds. The number of piperidine rings is 1. The Morgan fingerprint density at radius 3 is 2.53 bits per heavy atom. The maximum absolute atomic E-state index is 12.4. The number of carboxylic acids is 1. The first-order valence-corrected chi connectivity index (χ1v) is 8.57. The molecule has 2 atom stereocenters. The maximum atomic E-state index is 12.4. The van der Waals surface area contributed by atoms with Crippen LogP contribution >= 0.6 is 0 Å². The highest BCUT2D eigenvalue weighted by atomic mass is 32.2. The lowest BCUT2D eigenvalue weighted by atomic mass is 9.96. The van der Waals surface area contributed by atoms with Crippen molar-refractivity contribution in [3.8, 4) is 0 Å². The number of nitrogens with zero attached hydrogens (tertiary/aromatic N) is 1. The van der Waals surface area contributed by atoms with Gasteiger partial charge in [-0.3, -0.25) is 4.79 Å². The number of sulfonamides is 1. The fraction of sp³-hybridized carbons (Fsp3) is 0.923. The van der Waals surface area contributed by atoms with Crippen LogP contribution < -0.4 is 0 Å². The van der Waals surface area contributed by atoms with Crippen molar-refractivity contribution in [1.29, 1.82) is 0 Å². The molecule has 1 N–H and O–H groups in total. The first-order valence-electron chi connectivity index (χ1n) is 6.96. The molecule has 1 saturated heterocycles. The number of carbonyl (C=O) groups is 1. The lowest BCUT2D eigenvalue weighted by molar-refractivity contribution is -0.143. The SMILES string of the molecule is CC1CCC(C(=O)O)CN1S(=O)(=O)CCC1(C)CC1. The zero-order valence-electron chi connectivity index (χ0n) is 11.6. The molecule has 110 valence electrons. The van der Waals surface area contributed by atoms with E-state index in [0.29, 0.717) is 19.3 Å². The molecule has 0 aromatic rings. The second-order valence-corrected chi connectivity index (χ2v) is 8.45. The summed E-state index contributed by atoms with van der Waals surface area (Å²) in [6, 6.07) is -0.0763. The van der Waals surface area contributed by atoms with Gasteiger partial charge in [0.05, 0.1) is 11.7 Å². The molecule has 0 bridgehead atoms. The average Bonchev–Trinajstić information content (AvgIpc) is 3.06. The second-order valence-electron chi connectivity index (χ2n) is 6.41. The number of hydrogen-bond acceptors (Lipinski definition) is 3. The topological polar surface area (TPSA) is 74.7 Å². The lowest BCUT2D eigenvalue weighted by Crippen LogP contribution is -2.48. The molecule has 2 aliphatic rings. The Morgan fingerprint density at radius 2 is 2.00 bits per heavy atom. The van der Waals surface area contributed by atoms with E-state index in [-0.39, 0.29) is 23.8 Å².